The van der Waals surface area contributed by atoms with Crippen LogP contribution in [0, 0.1) is 23.7 Å². The van der Waals surface area contributed by atoms with E-state index in [1.165, 1.54) is 36.2 Å². The van der Waals surface area contributed by atoms with Crippen molar-refractivity contribution in [2.24, 2.45) is 16.7 Å². The Bertz CT molecular complexity index is 4290. The molecule has 4 aliphatic heterocycles. The molecule has 0 radical (unpaired) electrons. The third-order valence-electron chi connectivity index (χ3n) is 17.4. The molecule has 0 saturated heterocycles. The summed E-state index contributed by atoms with van der Waals surface area (Å²) in [5, 5.41) is 0. The number of methoxy groups -OCH3 is 1. The van der Waals surface area contributed by atoms with Crippen LogP contribution in [0.4, 0.5) is 11.4 Å². The van der Waals surface area contributed by atoms with Crippen LogP contribution in [-0.4, -0.2) is 77.8 Å². The minimum absolute atomic E-state index is 0.136. The summed E-state index contributed by atoms with van der Waals surface area (Å²) in [6, 6.07) is 48.8. The average molecular weight is 1190 g/mol. The number of carbonyl (C=O) groups excluding carboxylic acids is 8. The Labute approximate surface area is 515 Å². The maximum atomic E-state index is 13.7. The van der Waals surface area contributed by atoms with Crippen LogP contribution in [0.1, 0.15) is 160 Å². The number of carbonyl (C=O) groups is 8. The van der Waals surface area contributed by atoms with Gasteiger partial charge in [-0.25, -0.2) is 9.80 Å². The summed E-state index contributed by atoms with van der Waals surface area (Å²) in [7, 11) is 3.08. The topological polar surface area (TPSA) is 186 Å². The highest BCUT2D eigenvalue weighted by Crippen LogP contribution is 2.50. The van der Waals surface area contributed by atoms with E-state index in [4.69, 9.17) is 18.9 Å². The van der Waals surface area contributed by atoms with Gasteiger partial charge in [0.15, 0.2) is 0 Å². The SMILES string of the molecule is COc1ccc(C(C)(C)c2ccc(Oc3ccc(N4C(=O)c5ccc(Oc6ccc7c(c6)C(=O)N(CC6(C)CC(C)CC(C)(C)C6)C7=O)cc5C4=O)cc3)cc2)cc1.Cc1ccc(N2C(=O)c3ccc(Oc4ccc5c(c4)C(=O)N(C)C5=O)cc3C2=O)cc1. The summed E-state index contributed by atoms with van der Waals surface area (Å²) in [5.74, 6) is 0.786. The van der Waals surface area contributed by atoms with Crippen molar-refractivity contribution >= 4 is 58.6 Å². The summed E-state index contributed by atoms with van der Waals surface area (Å²) >= 11 is 0. The number of aryl methyl sites for hydroxylation is 1. The summed E-state index contributed by atoms with van der Waals surface area (Å²) in [6.07, 6.45) is 3.01. The number of ether oxygens (including phenoxy) is 4. The van der Waals surface area contributed by atoms with Gasteiger partial charge in [-0.2, -0.15) is 0 Å². The van der Waals surface area contributed by atoms with Crippen molar-refractivity contribution in [3.05, 3.63) is 231 Å². The normalized spacial score (nSPS) is 18.2. The van der Waals surface area contributed by atoms with E-state index in [9.17, 15) is 38.4 Å². The number of rotatable bonds is 13. The van der Waals surface area contributed by atoms with E-state index >= 15 is 0 Å². The molecular formula is C73H64N4O12. The third-order valence-corrected chi connectivity index (χ3v) is 17.4. The van der Waals surface area contributed by atoms with Gasteiger partial charge in [-0.05, 0) is 188 Å². The minimum Gasteiger partial charge on any atom is -0.497 e. The lowest BCUT2D eigenvalue weighted by molar-refractivity contribution is 0.0260. The zero-order valence-corrected chi connectivity index (χ0v) is 50.8. The van der Waals surface area contributed by atoms with Crippen LogP contribution in [0.2, 0.25) is 0 Å². The highest BCUT2D eigenvalue weighted by atomic mass is 16.5. The van der Waals surface area contributed by atoms with E-state index < -0.39 is 23.6 Å². The molecule has 16 nitrogen and oxygen atoms in total. The molecule has 2 unspecified atom stereocenters. The van der Waals surface area contributed by atoms with Crippen LogP contribution in [0.15, 0.2) is 170 Å². The van der Waals surface area contributed by atoms with E-state index in [1.807, 2.05) is 55.5 Å². The molecular weight excluding hydrogens is 1120 g/mol. The van der Waals surface area contributed by atoms with Gasteiger partial charge in [0.25, 0.3) is 47.3 Å². The van der Waals surface area contributed by atoms with Crippen molar-refractivity contribution in [2.75, 3.05) is 30.5 Å². The van der Waals surface area contributed by atoms with Crippen LogP contribution < -0.4 is 28.7 Å². The number of hydrogen-bond donors (Lipinski definition) is 0. The molecule has 0 bridgehead atoms. The molecule has 1 fully saturated rings. The van der Waals surface area contributed by atoms with Crippen LogP contribution in [0.5, 0.6) is 40.2 Å². The van der Waals surface area contributed by atoms with Gasteiger partial charge in [0, 0.05) is 19.0 Å². The molecule has 8 amide bonds. The molecule has 1 aliphatic carbocycles. The van der Waals surface area contributed by atoms with Crippen molar-refractivity contribution in [1.82, 2.24) is 9.80 Å². The Balaban J connectivity index is 0.000000208. The first-order valence-electron chi connectivity index (χ1n) is 29.4. The van der Waals surface area contributed by atoms with Crippen molar-refractivity contribution in [3.63, 3.8) is 0 Å². The Hall–Kier alpha value is -10.5. The smallest absolute Gasteiger partial charge is 0.266 e. The summed E-state index contributed by atoms with van der Waals surface area (Å²) < 4.78 is 23.4. The first-order chi connectivity index (χ1) is 42.4. The highest BCUT2D eigenvalue weighted by molar-refractivity contribution is 6.35. The predicted octanol–water partition coefficient (Wildman–Crippen LogP) is 14.7. The van der Waals surface area contributed by atoms with E-state index in [1.54, 1.807) is 92.0 Å². The van der Waals surface area contributed by atoms with Crippen molar-refractivity contribution in [2.45, 2.75) is 73.1 Å². The van der Waals surface area contributed by atoms with Gasteiger partial charge in [-0.15, -0.1) is 0 Å². The Kier molecular flexibility index (Phi) is 14.8. The number of anilines is 2. The lowest BCUT2D eigenvalue weighted by Crippen LogP contribution is -2.45. The van der Waals surface area contributed by atoms with Gasteiger partial charge in [-0.1, -0.05) is 83.5 Å². The molecule has 448 valence electrons. The van der Waals surface area contributed by atoms with Crippen LogP contribution in [-0.2, 0) is 5.41 Å². The van der Waals surface area contributed by atoms with Crippen molar-refractivity contribution in [1.29, 1.82) is 0 Å². The number of nitrogens with zero attached hydrogens (tertiary/aromatic N) is 4. The summed E-state index contributed by atoms with van der Waals surface area (Å²) in [4.78, 5) is 109. The number of imide groups is 4. The zero-order chi connectivity index (χ0) is 63.0. The van der Waals surface area contributed by atoms with E-state index in [2.05, 4.69) is 53.7 Å². The Morgan fingerprint density at radius 1 is 0.427 bits per heavy atom. The van der Waals surface area contributed by atoms with E-state index in [-0.39, 0.29) is 62.1 Å². The average Bonchev–Trinajstić information content (AvgIpc) is 1.78. The molecule has 13 rings (SSSR count). The maximum Gasteiger partial charge on any atom is 0.266 e. The molecule has 5 aliphatic rings. The van der Waals surface area contributed by atoms with E-state index in [0.717, 1.165) is 56.4 Å². The molecule has 0 spiro atoms. The molecule has 8 aromatic carbocycles. The standard InChI is InChI=1S/C49H48N2O7.C24H16N2O5/c1-30-26-47(2,3)28-49(6,27-30)29-50-43(52)39-22-20-37(24-41(39)44(50)53)58-38-21-23-40-42(25-38)46(55)51(45(40)54)33-12-18-36(19-13-33)57-35-16-10-32(11-17-35)48(4,5)31-8-14-34(56-7)15-9-31;1-13-3-5-14(6-4-13)26-23(29)18-10-8-16(12-20(18)24(26)30)31-15-7-9-17-19(11-15)22(28)25(2)21(17)27/h8-25,30H,26-29H2,1-7H3;3-12H,1-2H3. The number of fused-ring (bicyclic) bond motifs is 4. The van der Waals surface area contributed by atoms with Crippen LogP contribution >= 0.6 is 0 Å². The number of amides is 8. The Morgan fingerprint density at radius 2 is 0.764 bits per heavy atom. The van der Waals surface area contributed by atoms with Crippen LogP contribution in [0.3, 0.4) is 0 Å². The quantitative estimate of drug-likeness (QED) is 0.0996. The van der Waals surface area contributed by atoms with E-state index in [0.29, 0.717) is 80.6 Å². The lowest BCUT2D eigenvalue weighted by atomic mass is 9.61. The summed E-state index contributed by atoms with van der Waals surface area (Å²) in [5.41, 5.74) is 6.21. The molecule has 0 N–H and O–H groups in total. The molecule has 89 heavy (non-hydrogen) atoms. The first kappa shape index (κ1) is 58.9. The molecule has 0 aromatic heterocycles. The molecule has 4 heterocycles. The molecule has 16 heteroatoms. The molecule has 8 aromatic rings. The Morgan fingerprint density at radius 3 is 1.21 bits per heavy atom. The number of hydrogen-bond acceptors (Lipinski definition) is 12. The van der Waals surface area contributed by atoms with Gasteiger partial charge in [0.05, 0.1) is 63.0 Å². The fraction of sp³-hybridized carbons (Fsp3) is 0.233. The molecule has 2 atom stereocenters. The van der Waals surface area contributed by atoms with Crippen molar-refractivity contribution < 1.29 is 57.3 Å². The monoisotopic (exact) mass is 1190 g/mol. The maximum absolute atomic E-state index is 13.7. The van der Waals surface area contributed by atoms with Crippen molar-refractivity contribution in [3.8, 4) is 40.2 Å². The minimum atomic E-state index is -0.478. The molecule has 1 saturated carbocycles. The third kappa shape index (κ3) is 11.0. The highest BCUT2D eigenvalue weighted by Gasteiger charge is 2.46. The largest absolute Gasteiger partial charge is 0.497 e. The van der Waals surface area contributed by atoms with Gasteiger partial charge in [0.1, 0.15) is 40.2 Å². The lowest BCUT2D eigenvalue weighted by Gasteiger charge is -2.47. The second-order valence-electron chi connectivity index (χ2n) is 25.3. The van der Waals surface area contributed by atoms with Gasteiger partial charge in [0.2, 0.25) is 0 Å². The first-order valence-corrected chi connectivity index (χ1v) is 29.4. The number of benzene rings is 8. The van der Waals surface area contributed by atoms with Crippen LogP contribution in [0.25, 0.3) is 0 Å². The van der Waals surface area contributed by atoms with Gasteiger partial charge < -0.3 is 18.9 Å². The second kappa shape index (κ2) is 22.3. The predicted molar refractivity (Wildman–Crippen MR) is 334 cm³/mol. The fourth-order valence-corrected chi connectivity index (χ4v) is 13.5. The van der Waals surface area contributed by atoms with Gasteiger partial charge >= 0.3 is 0 Å². The van der Waals surface area contributed by atoms with Gasteiger partial charge in [-0.3, -0.25) is 48.2 Å². The second-order valence-corrected chi connectivity index (χ2v) is 25.3. The fourth-order valence-electron chi connectivity index (χ4n) is 13.5. The summed E-state index contributed by atoms with van der Waals surface area (Å²) in [6.45, 7) is 15.6. The zero-order valence-electron chi connectivity index (χ0n) is 50.8.